The topological polar surface area (TPSA) is 85.5 Å². The number of nitrogen functional groups attached to an aromatic ring is 1. The van der Waals surface area contributed by atoms with Gasteiger partial charge in [0, 0.05) is 30.4 Å². The minimum atomic E-state index is -3.60. The summed E-state index contributed by atoms with van der Waals surface area (Å²) in [6, 6.07) is 1.48. The second-order valence-corrected chi connectivity index (χ2v) is 6.73. The molecule has 0 bridgehead atoms. The summed E-state index contributed by atoms with van der Waals surface area (Å²) in [6.07, 6.45) is 2.15. The highest BCUT2D eigenvalue weighted by Crippen LogP contribution is 2.24. The van der Waals surface area contributed by atoms with Gasteiger partial charge in [0.1, 0.15) is 10.7 Å². The van der Waals surface area contributed by atoms with Gasteiger partial charge in [-0.1, -0.05) is 0 Å². The van der Waals surface area contributed by atoms with Gasteiger partial charge in [0.15, 0.2) is 0 Å². The summed E-state index contributed by atoms with van der Waals surface area (Å²) in [4.78, 5) is 3.90. The van der Waals surface area contributed by atoms with E-state index in [1.165, 1.54) is 16.6 Å². The number of hydrogen-bond donors (Lipinski definition) is 1. The molecular formula is C10H14BrN3O3S. The van der Waals surface area contributed by atoms with Crippen LogP contribution in [0.3, 0.4) is 0 Å². The maximum absolute atomic E-state index is 12.4. The van der Waals surface area contributed by atoms with Crippen molar-refractivity contribution in [3.8, 4) is 0 Å². The number of nitrogens with zero attached hydrogens (tertiary/aromatic N) is 2. The van der Waals surface area contributed by atoms with Gasteiger partial charge in [-0.2, -0.15) is 4.31 Å². The molecule has 2 heterocycles. The maximum Gasteiger partial charge on any atom is 0.246 e. The van der Waals surface area contributed by atoms with Crippen molar-refractivity contribution in [2.45, 2.75) is 11.3 Å². The fraction of sp³-hybridized carbons (Fsp3) is 0.500. The van der Waals surface area contributed by atoms with Crippen LogP contribution < -0.4 is 5.73 Å². The molecule has 2 N–H and O–H groups in total. The van der Waals surface area contributed by atoms with Gasteiger partial charge in [-0.25, -0.2) is 13.4 Å². The third-order valence-corrected chi connectivity index (χ3v) is 5.01. The Morgan fingerprint density at radius 3 is 2.94 bits per heavy atom. The standard InChI is InChI=1S/C10H14BrN3O3S/c11-8-6-9(10(12)13-7-8)18(15,16)14-2-1-4-17-5-3-14/h6-7H,1-5H2,(H2,12,13). The van der Waals surface area contributed by atoms with Crippen LogP contribution in [0.5, 0.6) is 0 Å². The predicted octanol–water partition coefficient (Wildman–Crippen LogP) is 0.837. The van der Waals surface area contributed by atoms with E-state index in [9.17, 15) is 8.42 Å². The first-order chi connectivity index (χ1) is 8.51. The molecule has 1 aromatic rings. The van der Waals surface area contributed by atoms with Crippen LogP contribution in [0.25, 0.3) is 0 Å². The van der Waals surface area contributed by atoms with E-state index in [0.717, 1.165) is 0 Å². The number of halogens is 1. The molecule has 1 aliphatic heterocycles. The minimum Gasteiger partial charge on any atom is -0.383 e. The number of pyridine rings is 1. The van der Waals surface area contributed by atoms with E-state index >= 15 is 0 Å². The number of rotatable bonds is 2. The first-order valence-electron chi connectivity index (χ1n) is 5.51. The average molecular weight is 336 g/mol. The molecule has 100 valence electrons. The van der Waals surface area contributed by atoms with Gasteiger partial charge in [0.05, 0.1) is 6.61 Å². The Balaban J connectivity index is 2.37. The summed E-state index contributed by atoms with van der Waals surface area (Å²) in [5, 5.41) is 0. The van der Waals surface area contributed by atoms with E-state index in [1.54, 1.807) is 0 Å². The van der Waals surface area contributed by atoms with Crippen molar-refractivity contribution in [3.05, 3.63) is 16.7 Å². The number of anilines is 1. The molecule has 8 heteroatoms. The molecule has 0 spiro atoms. The molecule has 0 atom stereocenters. The quantitative estimate of drug-likeness (QED) is 0.865. The summed E-state index contributed by atoms with van der Waals surface area (Å²) in [5.74, 6) is 0.0170. The van der Waals surface area contributed by atoms with Crippen LogP contribution in [0.2, 0.25) is 0 Å². The van der Waals surface area contributed by atoms with Crippen LogP contribution in [-0.4, -0.2) is 44.0 Å². The summed E-state index contributed by atoms with van der Waals surface area (Å²) >= 11 is 3.20. The van der Waals surface area contributed by atoms with Crippen molar-refractivity contribution < 1.29 is 13.2 Å². The van der Waals surface area contributed by atoms with Gasteiger partial charge in [0.25, 0.3) is 0 Å². The lowest BCUT2D eigenvalue weighted by molar-refractivity contribution is 0.148. The van der Waals surface area contributed by atoms with Crippen LogP contribution in [0.15, 0.2) is 21.6 Å². The first-order valence-corrected chi connectivity index (χ1v) is 7.74. The van der Waals surface area contributed by atoms with E-state index < -0.39 is 10.0 Å². The third kappa shape index (κ3) is 2.82. The lowest BCUT2D eigenvalue weighted by Crippen LogP contribution is -2.33. The van der Waals surface area contributed by atoms with Crippen LogP contribution in [0.4, 0.5) is 5.82 Å². The third-order valence-electron chi connectivity index (χ3n) is 2.65. The van der Waals surface area contributed by atoms with E-state index in [1.807, 2.05) is 0 Å². The van der Waals surface area contributed by atoms with Gasteiger partial charge in [0.2, 0.25) is 10.0 Å². The summed E-state index contributed by atoms with van der Waals surface area (Å²) < 4.78 is 32.1. The fourth-order valence-electron chi connectivity index (χ4n) is 1.74. The molecule has 0 aliphatic carbocycles. The van der Waals surface area contributed by atoms with Crippen LogP contribution in [0, 0.1) is 0 Å². The smallest absolute Gasteiger partial charge is 0.246 e. The van der Waals surface area contributed by atoms with Gasteiger partial charge in [-0.05, 0) is 28.4 Å². The van der Waals surface area contributed by atoms with Crippen molar-refractivity contribution >= 4 is 31.8 Å². The molecule has 0 radical (unpaired) electrons. The molecule has 0 unspecified atom stereocenters. The highest BCUT2D eigenvalue weighted by Gasteiger charge is 2.28. The normalized spacial score (nSPS) is 18.5. The van der Waals surface area contributed by atoms with Crippen LogP contribution in [-0.2, 0) is 14.8 Å². The molecule has 0 amide bonds. The van der Waals surface area contributed by atoms with E-state index in [0.29, 0.717) is 37.2 Å². The second-order valence-electron chi connectivity index (χ2n) is 3.91. The number of hydrogen-bond acceptors (Lipinski definition) is 5. The minimum absolute atomic E-state index is 0.0170. The number of aromatic nitrogens is 1. The SMILES string of the molecule is Nc1ncc(Br)cc1S(=O)(=O)N1CCCOCC1. The zero-order chi connectivity index (χ0) is 13.2. The van der Waals surface area contributed by atoms with Crippen molar-refractivity contribution in [2.75, 3.05) is 32.0 Å². The molecule has 6 nitrogen and oxygen atoms in total. The largest absolute Gasteiger partial charge is 0.383 e. The van der Waals surface area contributed by atoms with Gasteiger partial charge in [-0.15, -0.1) is 0 Å². The van der Waals surface area contributed by atoms with Gasteiger partial charge in [-0.3, -0.25) is 0 Å². The Kier molecular flexibility index (Phi) is 4.21. The molecule has 2 rings (SSSR count). The Morgan fingerprint density at radius 2 is 2.17 bits per heavy atom. The second kappa shape index (κ2) is 5.52. The first kappa shape index (κ1) is 13.7. The summed E-state index contributed by atoms with van der Waals surface area (Å²) in [7, 11) is -3.60. The Hall–Kier alpha value is -0.700. The van der Waals surface area contributed by atoms with Crippen LogP contribution in [0.1, 0.15) is 6.42 Å². The molecule has 1 fully saturated rings. The zero-order valence-corrected chi connectivity index (χ0v) is 12.1. The molecule has 0 aromatic carbocycles. The van der Waals surface area contributed by atoms with Crippen molar-refractivity contribution in [1.29, 1.82) is 0 Å². The molecule has 1 aliphatic rings. The fourth-order valence-corrected chi connectivity index (χ4v) is 3.78. The molecule has 1 saturated heterocycles. The van der Waals surface area contributed by atoms with Crippen molar-refractivity contribution in [3.63, 3.8) is 0 Å². The Labute approximate surface area is 114 Å². The molecule has 1 aromatic heterocycles. The Morgan fingerprint density at radius 1 is 1.39 bits per heavy atom. The molecular weight excluding hydrogens is 322 g/mol. The predicted molar refractivity (Wildman–Crippen MR) is 70.5 cm³/mol. The van der Waals surface area contributed by atoms with Crippen molar-refractivity contribution in [1.82, 2.24) is 9.29 Å². The molecule has 18 heavy (non-hydrogen) atoms. The lowest BCUT2D eigenvalue weighted by atomic mass is 10.5. The van der Waals surface area contributed by atoms with Gasteiger partial charge >= 0.3 is 0 Å². The Bertz CT molecular complexity index is 527. The highest BCUT2D eigenvalue weighted by atomic mass is 79.9. The number of nitrogens with two attached hydrogens (primary N) is 1. The number of ether oxygens (including phenoxy) is 1. The lowest BCUT2D eigenvalue weighted by Gasteiger charge is -2.19. The zero-order valence-electron chi connectivity index (χ0n) is 9.67. The average Bonchev–Trinajstić information content (AvgIpc) is 2.61. The van der Waals surface area contributed by atoms with Crippen LogP contribution >= 0.6 is 15.9 Å². The van der Waals surface area contributed by atoms with Crippen molar-refractivity contribution in [2.24, 2.45) is 0 Å². The monoisotopic (exact) mass is 335 g/mol. The number of sulfonamides is 1. The highest BCUT2D eigenvalue weighted by molar-refractivity contribution is 9.10. The molecule has 0 saturated carbocycles. The van der Waals surface area contributed by atoms with Gasteiger partial charge < -0.3 is 10.5 Å². The van der Waals surface area contributed by atoms with E-state index in [-0.39, 0.29) is 10.7 Å². The van der Waals surface area contributed by atoms with E-state index in [4.69, 9.17) is 10.5 Å². The maximum atomic E-state index is 12.4. The van der Waals surface area contributed by atoms with E-state index in [2.05, 4.69) is 20.9 Å². The summed E-state index contributed by atoms with van der Waals surface area (Å²) in [5.41, 5.74) is 5.65. The summed E-state index contributed by atoms with van der Waals surface area (Å²) in [6.45, 7) is 1.77.